The van der Waals surface area contributed by atoms with Gasteiger partial charge in [0, 0.05) is 26.2 Å². The number of benzene rings is 2. The van der Waals surface area contributed by atoms with Crippen LogP contribution in [0.3, 0.4) is 0 Å². The van der Waals surface area contributed by atoms with Gasteiger partial charge in [-0.1, -0.05) is 18.2 Å². The SMILES string of the molecule is CN(C)S(=O)(=O)c1cccc(C(=O)NCCc2cccc(F)c2)c1. The van der Waals surface area contributed by atoms with E-state index >= 15 is 0 Å². The van der Waals surface area contributed by atoms with Crippen molar-refractivity contribution in [3.05, 3.63) is 65.5 Å². The highest BCUT2D eigenvalue weighted by atomic mass is 32.2. The standard InChI is InChI=1S/C17H19FN2O3S/c1-20(2)24(22,23)16-8-4-6-14(12-16)17(21)19-10-9-13-5-3-7-15(18)11-13/h3-8,11-12H,9-10H2,1-2H3,(H,19,21). The third-order valence-electron chi connectivity index (χ3n) is 3.46. The molecule has 0 radical (unpaired) electrons. The van der Waals surface area contributed by atoms with Crippen LogP contribution in [0.4, 0.5) is 4.39 Å². The molecule has 0 bridgehead atoms. The van der Waals surface area contributed by atoms with Gasteiger partial charge in [0.25, 0.3) is 5.91 Å². The van der Waals surface area contributed by atoms with Crippen molar-refractivity contribution in [1.29, 1.82) is 0 Å². The third kappa shape index (κ3) is 4.39. The van der Waals surface area contributed by atoms with Crippen LogP contribution in [0.25, 0.3) is 0 Å². The molecule has 7 heteroatoms. The number of carbonyl (C=O) groups is 1. The number of nitrogens with zero attached hydrogens (tertiary/aromatic N) is 1. The van der Waals surface area contributed by atoms with Crippen LogP contribution in [0.1, 0.15) is 15.9 Å². The van der Waals surface area contributed by atoms with Crippen LogP contribution in [-0.2, 0) is 16.4 Å². The lowest BCUT2D eigenvalue weighted by Crippen LogP contribution is -2.26. The van der Waals surface area contributed by atoms with E-state index < -0.39 is 10.0 Å². The molecule has 128 valence electrons. The topological polar surface area (TPSA) is 66.5 Å². The van der Waals surface area contributed by atoms with E-state index in [2.05, 4.69) is 5.32 Å². The fourth-order valence-corrected chi connectivity index (χ4v) is 3.07. The van der Waals surface area contributed by atoms with Gasteiger partial charge in [0.15, 0.2) is 0 Å². The number of carbonyl (C=O) groups excluding carboxylic acids is 1. The number of hydrogen-bond donors (Lipinski definition) is 1. The minimum atomic E-state index is -3.59. The van der Waals surface area contributed by atoms with Crippen molar-refractivity contribution in [1.82, 2.24) is 9.62 Å². The van der Waals surface area contributed by atoms with Crippen molar-refractivity contribution in [3.8, 4) is 0 Å². The number of halogens is 1. The molecule has 1 amide bonds. The molecule has 0 atom stereocenters. The summed E-state index contributed by atoms with van der Waals surface area (Å²) in [6.45, 7) is 0.326. The molecule has 0 saturated carbocycles. The molecule has 24 heavy (non-hydrogen) atoms. The summed E-state index contributed by atoms with van der Waals surface area (Å²) < 4.78 is 38.4. The summed E-state index contributed by atoms with van der Waals surface area (Å²) in [5.74, 6) is -0.692. The Morgan fingerprint density at radius 3 is 2.50 bits per heavy atom. The summed E-state index contributed by atoms with van der Waals surface area (Å²) in [5.41, 5.74) is 1.04. The summed E-state index contributed by atoms with van der Waals surface area (Å²) in [6.07, 6.45) is 0.485. The van der Waals surface area contributed by atoms with Gasteiger partial charge in [0.1, 0.15) is 5.82 Å². The van der Waals surface area contributed by atoms with Crippen LogP contribution in [-0.4, -0.2) is 39.3 Å². The molecular weight excluding hydrogens is 331 g/mol. The van der Waals surface area contributed by atoms with Crippen LogP contribution in [0.5, 0.6) is 0 Å². The zero-order valence-electron chi connectivity index (χ0n) is 13.5. The van der Waals surface area contributed by atoms with Gasteiger partial charge in [-0.05, 0) is 42.3 Å². The van der Waals surface area contributed by atoms with Gasteiger partial charge >= 0.3 is 0 Å². The molecule has 0 spiro atoms. The van der Waals surface area contributed by atoms with Crippen molar-refractivity contribution in [2.75, 3.05) is 20.6 Å². The molecular formula is C17H19FN2O3S. The van der Waals surface area contributed by atoms with Crippen molar-refractivity contribution >= 4 is 15.9 Å². The second-order valence-electron chi connectivity index (χ2n) is 5.45. The van der Waals surface area contributed by atoms with Gasteiger partial charge in [0.05, 0.1) is 4.90 Å². The lowest BCUT2D eigenvalue weighted by Gasteiger charge is -2.12. The van der Waals surface area contributed by atoms with Gasteiger partial charge in [-0.2, -0.15) is 0 Å². The number of rotatable bonds is 6. The monoisotopic (exact) mass is 350 g/mol. The Hall–Kier alpha value is -2.25. The predicted octanol–water partition coefficient (Wildman–Crippen LogP) is 2.05. The highest BCUT2D eigenvalue weighted by molar-refractivity contribution is 7.89. The molecule has 0 aliphatic heterocycles. The first-order chi connectivity index (χ1) is 11.3. The Bertz CT molecular complexity index is 835. The average Bonchev–Trinajstić information content (AvgIpc) is 2.55. The fourth-order valence-electron chi connectivity index (χ4n) is 2.12. The number of amides is 1. The molecule has 5 nitrogen and oxygen atoms in total. The summed E-state index contributed by atoms with van der Waals surface area (Å²) in [5, 5.41) is 2.70. The molecule has 2 rings (SSSR count). The lowest BCUT2D eigenvalue weighted by molar-refractivity contribution is 0.0954. The van der Waals surface area contributed by atoms with E-state index in [1.165, 1.54) is 44.4 Å². The van der Waals surface area contributed by atoms with E-state index in [4.69, 9.17) is 0 Å². The average molecular weight is 350 g/mol. The van der Waals surface area contributed by atoms with E-state index in [0.29, 0.717) is 13.0 Å². The predicted molar refractivity (Wildman–Crippen MR) is 89.8 cm³/mol. The van der Waals surface area contributed by atoms with Crippen LogP contribution >= 0.6 is 0 Å². The quantitative estimate of drug-likeness (QED) is 0.867. The number of hydrogen-bond acceptors (Lipinski definition) is 3. The maximum absolute atomic E-state index is 13.1. The first kappa shape index (κ1) is 18.1. The summed E-state index contributed by atoms with van der Waals surface area (Å²) in [6, 6.07) is 12.0. The van der Waals surface area contributed by atoms with Gasteiger partial charge in [0.2, 0.25) is 10.0 Å². The molecule has 2 aromatic carbocycles. The summed E-state index contributed by atoms with van der Waals surface area (Å²) in [7, 11) is -0.726. The number of nitrogens with one attached hydrogen (secondary N) is 1. The zero-order valence-corrected chi connectivity index (χ0v) is 14.3. The maximum atomic E-state index is 13.1. The Kier molecular flexibility index (Phi) is 5.69. The lowest BCUT2D eigenvalue weighted by atomic mass is 10.1. The molecule has 2 aromatic rings. The van der Waals surface area contributed by atoms with E-state index in [0.717, 1.165) is 9.87 Å². The summed E-state index contributed by atoms with van der Waals surface area (Å²) >= 11 is 0. The highest BCUT2D eigenvalue weighted by Crippen LogP contribution is 2.15. The van der Waals surface area contributed by atoms with Crippen molar-refractivity contribution in [2.24, 2.45) is 0 Å². The van der Waals surface area contributed by atoms with E-state index in [1.807, 2.05) is 0 Å². The molecule has 0 unspecified atom stereocenters. The van der Waals surface area contributed by atoms with E-state index in [1.54, 1.807) is 18.2 Å². The maximum Gasteiger partial charge on any atom is 0.251 e. The van der Waals surface area contributed by atoms with E-state index in [-0.39, 0.29) is 22.2 Å². The molecule has 0 aliphatic rings. The molecule has 0 heterocycles. The molecule has 1 N–H and O–H groups in total. The second kappa shape index (κ2) is 7.55. The zero-order chi connectivity index (χ0) is 17.7. The minimum absolute atomic E-state index is 0.0604. The third-order valence-corrected chi connectivity index (χ3v) is 5.27. The van der Waals surface area contributed by atoms with Gasteiger partial charge in [-0.25, -0.2) is 17.1 Å². The van der Waals surface area contributed by atoms with Gasteiger partial charge in [-0.3, -0.25) is 4.79 Å². The Morgan fingerprint density at radius 1 is 1.12 bits per heavy atom. The molecule has 0 aliphatic carbocycles. The smallest absolute Gasteiger partial charge is 0.251 e. The highest BCUT2D eigenvalue weighted by Gasteiger charge is 2.18. The van der Waals surface area contributed by atoms with Gasteiger partial charge < -0.3 is 5.32 Å². The molecule has 0 saturated heterocycles. The van der Waals surface area contributed by atoms with Crippen molar-refractivity contribution in [3.63, 3.8) is 0 Å². The minimum Gasteiger partial charge on any atom is -0.352 e. The van der Waals surface area contributed by atoms with Crippen LogP contribution in [0, 0.1) is 5.82 Å². The molecule has 0 aromatic heterocycles. The van der Waals surface area contributed by atoms with E-state index in [9.17, 15) is 17.6 Å². The molecule has 0 fully saturated rings. The summed E-state index contributed by atoms with van der Waals surface area (Å²) in [4.78, 5) is 12.2. The first-order valence-corrected chi connectivity index (χ1v) is 8.80. The normalized spacial score (nSPS) is 11.5. The Balaban J connectivity index is 2.03. The number of sulfonamides is 1. The largest absolute Gasteiger partial charge is 0.352 e. The second-order valence-corrected chi connectivity index (χ2v) is 7.60. The first-order valence-electron chi connectivity index (χ1n) is 7.36. The van der Waals surface area contributed by atoms with Gasteiger partial charge in [-0.15, -0.1) is 0 Å². The fraction of sp³-hybridized carbons (Fsp3) is 0.235. The van der Waals surface area contributed by atoms with Crippen LogP contribution in [0.2, 0.25) is 0 Å². The van der Waals surface area contributed by atoms with Crippen LogP contribution in [0.15, 0.2) is 53.4 Å². The van der Waals surface area contributed by atoms with Crippen molar-refractivity contribution < 1.29 is 17.6 Å². The Morgan fingerprint density at radius 2 is 1.83 bits per heavy atom. The van der Waals surface area contributed by atoms with Crippen molar-refractivity contribution in [2.45, 2.75) is 11.3 Å². The Labute approximate surface area is 141 Å². The van der Waals surface area contributed by atoms with Crippen LogP contribution < -0.4 is 5.32 Å².